The van der Waals surface area contributed by atoms with Crippen LogP contribution < -0.4 is 0 Å². The molecular formula is C14H18ClNO3. The number of rotatable bonds is 3. The van der Waals surface area contributed by atoms with E-state index in [1.54, 1.807) is 18.1 Å². The van der Waals surface area contributed by atoms with Crippen molar-refractivity contribution in [2.45, 2.75) is 12.8 Å². The number of methoxy groups -OCH3 is 1. The van der Waals surface area contributed by atoms with Crippen LogP contribution in [0.3, 0.4) is 0 Å². The summed E-state index contributed by atoms with van der Waals surface area (Å²) < 4.78 is 5.14. The number of hydrogen-bond donors (Lipinski definition) is 1. The first-order valence-corrected chi connectivity index (χ1v) is 6.76. The molecule has 1 fully saturated rings. The number of aromatic hydroxyl groups is 1. The number of phenols is 1. The molecule has 1 N–H and O–H groups in total. The molecule has 0 unspecified atom stereocenters. The zero-order valence-electron chi connectivity index (χ0n) is 10.9. The minimum Gasteiger partial charge on any atom is -0.507 e. The van der Waals surface area contributed by atoms with Gasteiger partial charge in [-0.3, -0.25) is 4.79 Å². The molecule has 2 rings (SSSR count). The molecule has 0 aliphatic carbocycles. The Morgan fingerprint density at radius 3 is 2.79 bits per heavy atom. The monoisotopic (exact) mass is 283 g/mol. The molecule has 5 heteroatoms. The second kappa shape index (κ2) is 6.26. The molecule has 1 aliphatic heterocycles. The molecule has 1 heterocycles. The Bertz CT molecular complexity index is 456. The maximum absolute atomic E-state index is 12.3. The third-order valence-electron chi connectivity index (χ3n) is 3.49. The third-order valence-corrected chi connectivity index (χ3v) is 3.73. The molecule has 0 atom stereocenters. The fourth-order valence-electron chi connectivity index (χ4n) is 2.39. The van der Waals surface area contributed by atoms with Crippen molar-refractivity contribution in [3.8, 4) is 5.75 Å². The minimum absolute atomic E-state index is 0.0200. The lowest BCUT2D eigenvalue weighted by Crippen LogP contribution is -2.39. The average Bonchev–Trinajstić information content (AvgIpc) is 2.42. The number of halogens is 1. The lowest BCUT2D eigenvalue weighted by molar-refractivity contribution is 0.0611. The van der Waals surface area contributed by atoms with Gasteiger partial charge in [-0.15, -0.1) is 0 Å². The lowest BCUT2D eigenvalue weighted by atomic mass is 9.97. The van der Waals surface area contributed by atoms with Crippen LogP contribution in [0.25, 0.3) is 0 Å². The van der Waals surface area contributed by atoms with Gasteiger partial charge in [-0.1, -0.05) is 11.6 Å². The van der Waals surface area contributed by atoms with Crippen molar-refractivity contribution in [2.24, 2.45) is 5.92 Å². The van der Waals surface area contributed by atoms with Crippen LogP contribution >= 0.6 is 11.6 Å². The number of nitrogens with zero attached hydrogens (tertiary/aromatic N) is 1. The Morgan fingerprint density at radius 2 is 2.16 bits per heavy atom. The molecule has 0 spiro atoms. The number of benzene rings is 1. The van der Waals surface area contributed by atoms with E-state index in [9.17, 15) is 9.90 Å². The number of phenolic OH excluding ortho intramolecular Hbond substituents is 1. The summed E-state index contributed by atoms with van der Waals surface area (Å²) in [6.45, 7) is 2.13. The number of piperidine rings is 1. The summed E-state index contributed by atoms with van der Waals surface area (Å²) >= 11 is 5.87. The van der Waals surface area contributed by atoms with E-state index in [-0.39, 0.29) is 17.2 Å². The van der Waals surface area contributed by atoms with Crippen LogP contribution in [-0.4, -0.2) is 42.7 Å². The highest BCUT2D eigenvalue weighted by molar-refractivity contribution is 6.31. The van der Waals surface area contributed by atoms with E-state index in [1.807, 2.05) is 0 Å². The lowest BCUT2D eigenvalue weighted by Gasteiger charge is -2.31. The van der Waals surface area contributed by atoms with E-state index in [2.05, 4.69) is 0 Å². The molecule has 1 aromatic carbocycles. The Balaban J connectivity index is 2.03. The Labute approximate surface area is 117 Å². The molecular weight excluding hydrogens is 266 g/mol. The van der Waals surface area contributed by atoms with Gasteiger partial charge in [-0.25, -0.2) is 0 Å². The topological polar surface area (TPSA) is 49.8 Å². The van der Waals surface area contributed by atoms with E-state index in [0.717, 1.165) is 19.4 Å². The molecule has 1 aromatic rings. The minimum atomic E-state index is -0.157. The van der Waals surface area contributed by atoms with E-state index in [0.29, 0.717) is 24.0 Å². The van der Waals surface area contributed by atoms with Crippen LogP contribution in [0.5, 0.6) is 5.75 Å². The summed E-state index contributed by atoms with van der Waals surface area (Å²) in [6.07, 6.45) is 1.86. The second-order valence-electron chi connectivity index (χ2n) is 4.85. The smallest absolute Gasteiger partial charge is 0.257 e. The average molecular weight is 284 g/mol. The van der Waals surface area contributed by atoms with Gasteiger partial charge in [0.05, 0.1) is 5.56 Å². The van der Waals surface area contributed by atoms with Crippen LogP contribution in [0, 0.1) is 5.92 Å². The van der Waals surface area contributed by atoms with Gasteiger partial charge in [-0.2, -0.15) is 0 Å². The third kappa shape index (κ3) is 3.39. The van der Waals surface area contributed by atoms with Crippen LogP contribution in [0.15, 0.2) is 18.2 Å². The van der Waals surface area contributed by atoms with Crippen LogP contribution in [-0.2, 0) is 4.74 Å². The Morgan fingerprint density at radius 1 is 1.47 bits per heavy atom. The van der Waals surface area contributed by atoms with E-state index in [4.69, 9.17) is 16.3 Å². The van der Waals surface area contributed by atoms with Crippen molar-refractivity contribution in [1.82, 2.24) is 4.90 Å². The number of ether oxygens (including phenoxy) is 1. The zero-order valence-corrected chi connectivity index (χ0v) is 11.7. The maximum atomic E-state index is 12.3. The van der Waals surface area contributed by atoms with Crippen molar-refractivity contribution in [3.63, 3.8) is 0 Å². The van der Waals surface area contributed by atoms with E-state index < -0.39 is 0 Å². The van der Waals surface area contributed by atoms with Gasteiger partial charge in [0.25, 0.3) is 5.91 Å². The highest BCUT2D eigenvalue weighted by Gasteiger charge is 2.25. The SMILES string of the molecule is COCC1CCN(C(=O)c2cc(Cl)ccc2O)CC1. The molecule has 104 valence electrons. The van der Waals surface area contributed by atoms with Crippen molar-refractivity contribution in [1.29, 1.82) is 0 Å². The maximum Gasteiger partial charge on any atom is 0.257 e. The summed E-state index contributed by atoms with van der Waals surface area (Å²) in [5, 5.41) is 10.2. The molecule has 0 radical (unpaired) electrons. The van der Waals surface area contributed by atoms with E-state index >= 15 is 0 Å². The van der Waals surface area contributed by atoms with Crippen molar-refractivity contribution >= 4 is 17.5 Å². The molecule has 4 nitrogen and oxygen atoms in total. The molecule has 1 amide bonds. The zero-order chi connectivity index (χ0) is 13.8. The van der Waals surface area contributed by atoms with Gasteiger partial charge in [0, 0.05) is 31.8 Å². The predicted octanol–water partition coefficient (Wildman–Crippen LogP) is 2.54. The summed E-state index contributed by atoms with van der Waals surface area (Å²) in [7, 11) is 1.70. The van der Waals surface area contributed by atoms with Crippen molar-refractivity contribution < 1.29 is 14.6 Å². The molecule has 0 saturated carbocycles. The number of hydrogen-bond acceptors (Lipinski definition) is 3. The quantitative estimate of drug-likeness (QED) is 0.927. The fraction of sp³-hybridized carbons (Fsp3) is 0.500. The summed E-state index contributed by atoms with van der Waals surface area (Å²) in [5.74, 6) is 0.339. The number of carbonyl (C=O) groups is 1. The summed E-state index contributed by atoms with van der Waals surface area (Å²) in [5.41, 5.74) is 0.276. The van der Waals surface area contributed by atoms with Crippen LogP contribution in [0.1, 0.15) is 23.2 Å². The Kier molecular flexibility index (Phi) is 4.66. The van der Waals surface area contributed by atoms with E-state index in [1.165, 1.54) is 12.1 Å². The van der Waals surface area contributed by atoms with Gasteiger partial charge < -0.3 is 14.7 Å². The van der Waals surface area contributed by atoms with Gasteiger partial charge in [0.1, 0.15) is 5.75 Å². The van der Waals surface area contributed by atoms with Gasteiger partial charge in [0.15, 0.2) is 0 Å². The fourth-order valence-corrected chi connectivity index (χ4v) is 2.56. The number of amides is 1. The predicted molar refractivity (Wildman–Crippen MR) is 73.6 cm³/mol. The largest absolute Gasteiger partial charge is 0.507 e. The van der Waals surface area contributed by atoms with Gasteiger partial charge in [-0.05, 0) is 37.0 Å². The van der Waals surface area contributed by atoms with Gasteiger partial charge in [0.2, 0.25) is 0 Å². The summed E-state index contributed by atoms with van der Waals surface area (Å²) in [6, 6.07) is 4.53. The molecule has 1 saturated heterocycles. The number of carbonyl (C=O) groups excluding carboxylic acids is 1. The van der Waals surface area contributed by atoms with Crippen molar-refractivity contribution in [3.05, 3.63) is 28.8 Å². The first-order chi connectivity index (χ1) is 9.11. The van der Waals surface area contributed by atoms with Crippen molar-refractivity contribution in [2.75, 3.05) is 26.8 Å². The summed E-state index contributed by atoms with van der Waals surface area (Å²) in [4.78, 5) is 14.1. The first-order valence-electron chi connectivity index (χ1n) is 6.38. The number of likely N-dealkylation sites (tertiary alicyclic amines) is 1. The van der Waals surface area contributed by atoms with Crippen LogP contribution in [0.4, 0.5) is 0 Å². The van der Waals surface area contributed by atoms with Crippen LogP contribution in [0.2, 0.25) is 5.02 Å². The normalized spacial score (nSPS) is 16.6. The molecule has 0 aromatic heterocycles. The molecule has 19 heavy (non-hydrogen) atoms. The van der Waals surface area contributed by atoms with Gasteiger partial charge >= 0.3 is 0 Å². The highest BCUT2D eigenvalue weighted by Crippen LogP contribution is 2.25. The molecule has 1 aliphatic rings. The first kappa shape index (κ1) is 14.2. The molecule has 0 bridgehead atoms. The Hall–Kier alpha value is -1.26. The second-order valence-corrected chi connectivity index (χ2v) is 5.29. The standard InChI is InChI=1S/C14H18ClNO3/c1-19-9-10-4-6-16(7-5-10)14(18)12-8-11(15)2-3-13(12)17/h2-3,8,10,17H,4-7,9H2,1H3. The highest BCUT2D eigenvalue weighted by atomic mass is 35.5.